The SMILES string of the molecule is CCc1ccc(C[C@@H](NC(=O)N2CCC(NCCc3ccccc3N)CC2)C(=O)N2CCC(N3CCCN(C)CC3)CC2)cc1CC. The number of hydrogen-bond donors (Lipinski definition) is 3. The summed E-state index contributed by atoms with van der Waals surface area (Å²) in [6.07, 6.45) is 8.36. The first-order chi connectivity index (χ1) is 22.8. The maximum absolute atomic E-state index is 14.1. The predicted octanol–water partition coefficient (Wildman–Crippen LogP) is 3.94. The molecule has 47 heavy (non-hydrogen) atoms. The molecular weight excluding hydrogens is 586 g/mol. The van der Waals surface area contributed by atoms with E-state index in [-0.39, 0.29) is 11.9 Å². The average molecular weight is 646 g/mol. The number of hydrogen-bond acceptors (Lipinski definition) is 6. The Bertz CT molecular complexity index is 1300. The molecule has 4 N–H and O–H groups in total. The number of para-hydroxylation sites is 1. The second-order valence-corrected chi connectivity index (χ2v) is 13.9. The van der Waals surface area contributed by atoms with E-state index >= 15 is 0 Å². The van der Waals surface area contributed by atoms with Gasteiger partial charge in [0, 0.05) is 63.5 Å². The van der Waals surface area contributed by atoms with E-state index in [4.69, 9.17) is 5.73 Å². The Morgan fingerprint density at radius 2 is 1.55 bits per heavy atom. The normalized spacial score (nSPS) is 19.8. The first-order valence-electron chi connectivity index (χ1n) is 18.3. The quantitative estimate of drug-likeness (QED) is 0.321. The van der Waals surface area contributed by atoms with Crippen LogP contribution in [0.5, 0.6) is 0 Å². The average Bonchev–Trinajstić information content (AvgIpc) is 3.33. The van der Waals surface area contributed by atoms with E-state index < -0.39 is 6.04 Å². The van der Waals surface area contributed by atoms with Crippen LogP contribution < -0.4 is 16.4 Å². The Kier molecular flexibility index (Phi) is 13.0. The number of amides is 3. The molecule has 5 rings (SSSR count). The number of nitrogens with one attached hydrogen (secondary N) is 2. The predicted molar refractivity (Wildman–Crippen MR) is 192 cm³/mol. The van der Waals surface area contributed by atoms with Crippen LogP contribution in [0.3, 0.4) is 0 Å². The minimum absolute atomic E-state index is 0.0572. The molecule has 1 atom stereocenters. The fraction of sp³-hybridized carbons (Fsp3) is 0.632. The highest BCUT2D eigenvalue weighted by atomic mass is 16.2. The fourth-order valence-corrected chi connectivity index (χ4v) is 7.72. The molecule has 3 aliphatic heterocycles. The van der Waals surface area contributed by atoms with Crippen LogP contribution in [-0.4, -0.2) is 116 Å². The third-order valence-electron chi connectivity index (χ3n) is 10.8. The molecule has 2 aromatic carbocycles. The summed E-state index contributed by atoms with van der Waals surface area (Å²) in [5, 5.41) is 6.88. The van der Waals surface area contributed by atoms with Crippen LogP contribution >= 0.6 is 0 Å². The molecule has 258 valence electrons. The lowest BCUT2D eigenvalue weighted by Crippen LogP contribution is -2.57. The number of rotatable bonds is 11. The molecule has 0 aromatic heterocycles. The van der Waals surface area contributed by atoms with Gasteiger partial charge in [-0.1, -0.05) is 50.2 Å². The molecule has 3 saturated heterocycles. The van der Waals surface area contributed by atoms with E-state index in [2.05, 4.69) is 65.6 Å². The Balaban J connectivity index is 1.17. The first kappa shape index (κ1) is 35.2. The summed E-state index contributed by atoms with van der Waals surface area (Å²) in [5.41, 5.74) is 11.9. The number of likely N-dealkylation sites (tertiary alicyclic amines) is 2. The molecule has 9 nitrogen and oxygen atoms in total. The fourth-order valence-electron chi connectivity index (χ4n) is 7.72. The van der Waals surface area contributed by atoms with Gasteiger partial charge in [0.25, 0.3) is 0 Å². The molecule has 3 amide bonds. The van der Waals surface area contributed by atoms with Crippen molar-refractivity contribution in [3.8, 4) is 0 Å². The van der Waals surface area contributed by atoms with Gasteiger partial charge in [0.15, 0.2) is 0 Å². The molecule has 0 radical (unpaired) electrons. The van der Waals surface area contributed by atoms with Crippen molar-refractivity contribution in [2.45, 2.75) is 89.8 Å². The minimum Gasteiger partial charge on any atom is -0.399 e. The van der Waals surface area contributed by atoms with Crippen molar-refractivity contribution in [1.82, 2.24) is 30.2 Å². The standard InChI is InChI=1S/C38H59N7O2/c1-4-30-12-11-29(27-31(30)5-2)28-36(37(46)44-23-16-34(17-24-44)43-20-8-19-42(3)25-26-43)41-38(47)45-21-14-33(15-22-45)40-18-13-32-9-6-7-10-35(32)39/h6-7,9-12,27,33-34,36,40H,4-5,8,13-26,28,39H2,1-3H3,(H,41,47)/t36-/m1/s1. The zero-order valence-electron chi connectivity index (χ0n) is 29.2. The number of nitrogens with two attached hydrogens (primary N) is 1. The lowest BCUT2D eigenvalue weighted by molar-refractivity contribution is -0.134. The Morgan fingerprint density at radius 1 is 0.830 bits per heavy atom. The summed E-state index contributed by atoms with van der Waals surface area (Å²) in [5.74, 6) is 0.0572. The summed E-state index contributed by atoms with van der Waals surface area (Å²) in [4.78, 5) is 36.8. The van der Waals surface area contributed by atoms with Crippen molar-refractivity contribution in [2.75, 3.05) is 71.7 Å². The number of aryl methyl sites for hydroxylation is 2. The lowest BCUT2D eigenvalue weighted by Gasteiger charge is -2.39. The van der Waals surface area contributed by atoms with Crippen LogP contribution in [0.1, 0.15) is 68.2 Å². The van der Waals surface area contributed by atoms with E-state index in [1.54, 1.807) is 0 Å². The molecule has 9 heteroatoms. The minimum atomic E-state index is -0.574. The van der Waals surface area contributed by atoms with Crippen LogP contribution in [0.15, 0.2) is 42.5 Å². The monoisotopic (exact) mass is 645 g/mol. The van der Waals surface area contributed by atoms with Gasteiger partial charge in [-0.05, 0) is 106 Å². The van der Waals surface area contributed by atoms with Gasteiger partial charge in [0.05, 0.1) is 0 Å². The largest absolute Gasteiger partial charge is 0.399 e. The highest BCUT2D eigenvalue weighted by Crippen LogP contribution is 2.21. The number of carbonyl (C=O) groups excluding carboxylic acids is 2. The summed E-state index contributed by atoms with van der Waals surface area (Å²) >= 11 is 0. The van der Waals surface area contributed by atoms with Gasteiger partial charge in [-0.2, -0.15) is 0 Å². The van der Waals surface area contributed by atoms with Crippen molar-refractivity contribution < 1.29 is 9.59 Å². The molecule has 0 unspecified atom stereocenters. The van der Waals surface area contributed by atoms with Gasteiger partial charge in [-0.3, -0.25) is 9.69 Å². The summed E-state index contributed by atoms with van der Waals surface area (Å²) in [7, 11) is 2.21. The number of benzene rings is 2. The second kappa shape index (κ2) is 17.3. The number of nitrogen functional groups attached to an aromatic ring is 1. The van der Waals surface area contributed by atoms with Gasteiger partial charge in [0.1, 0.15) is 6.04 Å². The van der Waals surface area contributed by atoms with E-state index in [1.165, 1.54) is 23.1 Å². The number of anilines is 1. The van der Waals surface area contributed by atoms with Crippen LogP contribution in [0.4, 0.5) is 10.5 Å². The molecular formula is C38H59N7O2. The van der Waals surface area contributed by atoms with Gasteiger partial charge in [-0.25, -0.2) is 4.79 Å². The molecule has 3 heterocycles. The van der Waals surface area contributed by atoms with Crippen molar-refractivity contribution in [3.05, 3.63) is 64.7 Å². The Labute approximate surface area is 283 Å². The molecule has 0 saturated carbocycles. The van der Waals surface area contributed by atoms with Crippen LogP contribution in [0.2, 0.25) is 0 Å². The van der Waals surface area contributed by atoms with Crippen LogP contribution in [-0.2, 0) is 30.5 Å². The molecule has 0 spiro atoms. The third kappa shape index (κ3) is 9.71. The smallest absolute Gasteiger partial charge is 0.318 e. The molecule has 0 bridgehead atoms. The van der Waals surface area contributed by atoms with Gasteiger partial charge in [-0.15, -0.1) is 0 Å². The summed E-state index contributed by atoms with van der Waals surface area (Å²) in [6, 6.07) is 14.8. The van der Waals surface area contributed by atoms with Crippen LogP contribution in [0, 0.1) is 0 Å². The van der Waals surface area contributed by atoms with E-state index in [9.17, 15) is 9.59 Å². The zero-order chi connectivity index (χ0) is 33.2. The maximum Gasteiger partial charge on any atom is 0.318 e. The molecule has 0 aliphatic carbocycles. The number of likely N-dealkylation sites (N-methyl/N-ethyl adjacent to an activating group) is 1. The summed E-state index contributed by atoms with van der Waals surface area (Å²) < 4.78 is 0. The molecule has 3 fully saturated rings. The molecule has 2 aromatic rings. The Morgan fingerprint density at radius 3 is 2.28 bits per heavy atom. The highest BCUT2D eigenvalue weighted by molar-refractivity contribution is 5.87. The van der Waals surface area contributed by atoms with Gasteiger partial charge >= 0.3 is 6.03 Å². The van der Waals surface area contributed by atoms with Gasteiger partial charge < -0.3 is 31.1 Å². The van der Waals surface area contributed by atoms with Gasteiger partial charge in [0.2, 0.25) is 5.91 Å². The second-order valence-electron chi connectivity index (χ2n) is 13.9. The topological polar surface area (TPSA) is 97.2 Å². The lowest BCUT2D eigenvalue weighted by atomic mass is 9.95. The third-order valence-corrected chi connectivity index (χ3v) is 10.8. The van der Waals surface area contributed by atoms with Crippen molar-refractivity contribution in [3.63, 3.8) is 0 Å². The van der Waals surface area contributed by atoms with E-state index in [0.29, 0.717) is 31.6 Å². The highest BCUT2D eigenvalue weighted by Gasteiger charge is 2.33. The van der Waals surface area contributed by atoms with E-state index in [1.807, 2.05) is 28.0 Å². The zero-order valence-corrected chi connectivity index (χ0v) is 29.2. The number of urea groups is 1. The Hall–Kier alpha value is -3.14. The summed E-state index contributed by atoms with van der Waals surface area (Å²) in [6.45, 7) is 12.6. The number of piperidine rings is 2. The van der Waals surface area contributed by atoms with Crippen LogP contribution in [0.25, 0.3) is 0 Å². The maximum atomic E-state index is 14.1. The van der Waals surface area contributed by atoms with Crippen molar-refractivity contribution in [1.29, 1.82) is 0 Å². The first-order valence-corrected chi connectivity index (χ1v) is 18.3. The van der Waals surface area contributed by atoms with Crippen molar-refractivity contribution in [2.24, 2.45) is 0 Å². The number of nitrogens with zero attached hydrogens (tertiary/aromatic N) is 4. The number of carbonyl (C=O) groups is 2. The van der Waals surface area contributed by atoms with E-state index in [0.717, 1.165) is 102 Å². The molecule has 3 aliphatic rings. The van der Waals surface area contributed by atoms with Crippen molar-refractivity contribution >= 4 is 17.6 Å².